The van der Waals surface area contributed by atoms with Crippen LogP contribution in [-0.4, -0.2) is 59.2 Å². The first kappa shape index (κ1) is 20.3. The Balaban J connectivity index is 2.99. The van der Waals surface area contributed by atoms with E-state index >= 15 is 0 Å². The van der Waals surface area contributed by atoms with Crippen LogP contribution in [0.1, 0.15) is 0 Å². The van der Waals surface area contributed by atoms with Crippen molar-refractivity contribution in [3.05, 3.63) is 27.2 Å². The highest BCUT2D eigenvalue weighted by Crippen LogP contribution is 2.35. The average molecular weight is 403 g/mol. The molecule has 6 nitrogen and oxygen atoms in total. The lowest BCUT2D eigenvalue weighted by Crippen LogP contribution is -2.42. The van der Waals surface area contributed by atoms with Crippen molar-refractivity contribution in [2.75, 3.05) is 44.3 Å². The zero-order chi connectivity index (χ0) is 17.8. The molecule has 0 aromatic heterocycles. The third-order valence-electron chi connectivity index (χ3n) is 2.83. The lowest BCUT2D eigenvalue weighted by molar-refractivity contribution is -0.119. The lowest BCUT2D eigenvalue weighted by Gasteiger charge is -2.23. The predicted octanol–water partition coefficient (Wildman–Crippen LogP) is 2.09. The van der Waals surface area contributed by atoms with Gasteiger partial charge in [0, 0.05) is 13.1 Å². The van der Waals surface area contributed by atoms with Crippen molar-refractivity contribution in [1.82, 2.24) is 10.2 Å². The molecule has 1 aromatic carbocycles. The van der Waals surface area contributed by atoms with Crippen LogP contribution in [-0.2, 0) is 14.8 Å². The van der Waals surface area contributed by atoms with Gasteiger partial charge in [-0.05, 0) is 26.2 Å². The van der Waals surface area contributed by atoms with Crippen LogP contribution < -0.4 is 9.62 Å². The largest absolute Gasteiger partial charge is 0.353 e. The van der Waals surface area contributed by atoms with Crippen LogP contribution in [0.4, 0.5) is 5.69 Å². The number of hydrogen-bond donors (Lipinski definition) is 1. The van der Waals surface area contributed by atoms with Crippen LogP contribution in [0.2, 0.25) is 15.1 Å². The molecule has 0 unspecified atom stereocenters. The van der Waals surface area contributed by atoms with Crippen molar-refractivity contribution in [3.63, 3.8) is 0 Å². The van der Waals surface area contributed by atoms with Gasteiger partial charge in [0.2, 0.25) is 15.9 Å². The first-order valence-corrected chi connectivity index (χ1v) is 9.54. The van der Waals surface area contributed by atoms with E-state index in [1.807, 2.05) is 19.0 Å². The van der Waals surface area contributed by atoms with Crippen molar-refractivity contribution < 1.29 is 13.2 Å². The molecule has 0 radical (unpaired) electrons. The molecule has 0 aliphatic carbocycles. The van der Waals surface area contributed by atoms with Gasteiger partial charge in [0.1, 0.15) is 6.54 Å². The molecular formula is C13H18Cl3N3O3S. The van der Waals surface area contributed by atoms with E-state index in [0.717, 1.165) is 10.6 Å². The number of carbonyl (C=O) groups excluding carboxylic acids is 1. The van der Waals surface area contributed by atoms with E-state index in [-0.39, 0.29) is 20.8 Å². The minimum Gasteiger partial charge on any atom is -0.353 e. The minimum atomic E-state index is -3.73. The Morgan fingerprint density at radius 3 is 2.22 bits per heavy atom. The topological polar surface area (TPSA) is 69.7 Å². The van der Waals surface area contributed by atoms with Crippen molar-refractivity contribution in [2.45, 2.75) is 0 Å². The normalized spacial score (nSPS) is 11.6. The molecule has 1 rings (SSSR count). The summed E-state index contributed by atoms with van der Waals surface area (Å²) in [6, 6.07) is 2.66. The number of nitrogens with one attached hydrogen (secondary N) is 1. The maximum absolute atomic E-state index is 12.0. The highest BCUT2D eigenvalue weighted by Gasteiger charge is 2.24. The molecule has 1 N–H and O–H groups in total. The Morgan fingerprint density at radius 1 is 1.13 bits per heavy atom. The number of likely N-dealkylation sites (N-methyl/N-ethyl adjacent to an activating group) is 1. The number of anilines is 1. The van der Waals surface area contributed by atoms with E-state index in [1.54, 1.807) is 0 Å². The molecule has 0 heterocycles. The lowest BCUT2D eigenvalue weighted by atomic mass is 10.3. The first-order chi connectivity index (χ1) is 10.5. The van der Waals surface area contributed by atoms with Crippen molar-refractivity contribution >= 4 is 56.4 Å². The fraction of sp³-hybridized carbons (Fsp3) is 0.462. The summed E-state index contributed by atoms with van der Waals surface area (Å²) >= 11 is 17.8. The number of nitrogens with zero attached hydrogens (tertiary/aromatic N) is 2. The number of benzene rings is 1. The van der Waals surface area contributed by atoms with Gasteiger partial charge in [0.05, 0.1) is 27.0 Å². The molecule has 0 aliphatic heterocycles. The van der Waals surface area contributed by atoms with Crippen LogP contribution in [0.25, 0.3) is 0 Å². The van der Waals surface area contributed by atoms with Crippen LogP contribution in [0.15, 0.2) is 12.1 Å². The van der Waals surface area contributed by atoms with Gasteiger partial charge < -0.3 is 10.2 Å². The number of hydrogen-bond acceptors (Lipinski definition) is 4. The number of carbonyl (C=O) groups is 1. The summed E-state index contributed by atoms with van der Waals surface area (Å²) in [5.74, 6) is -0.445. The summed E-state index contributed by atoms with van der Waals surface area (Å²) in [5.41, 5.74) is 0.103. The van der Waals surface area contributed by atoms with E-state index in [0.29, 0.717) is 13.1 Å². The van der Waals surface area contributed by atoms with Crippen LogP contribution >= 0.6 is 34.8 Å². The van der Waals surface area contributed by atoms with E-state index in [4.69, 9.17) is 34.8 Å². The summed E-state index contributed by atoms with van der Waals surface area (Å²) in [4.78, 5) is 13.9. The summed E-state index contributed by atoms with van der Waals surface area (Å²) < 4.78 is 24.9. The molecule has 10 heteroatoms. The van der Waals surface area contributed by atoms with Crippen molar-refractivity contribution in [1.29, 1.82) is 0 Å². The summed E-state index contributed by atoms with van der Waals surface area (Å²) in [5, 5.41) is 3.08. The Bertz CT molecular complexity index is 681. The second kappa shape index (κ2) is 8.39. The third kappa shape index (κ3) is 6.35. The van der Waals surface area contributed by atoms with Gasteiger partial charge in [-0.1, -0.05) is 34.8 Å². The standard InChI is InChI=1S/C13H18Cl3N3O3S/c1-18(2)5-4-17-13(20)8-19(23(3,21)22)12-7-10(15)9(14)6-11(12)16/h6-7H,4-5,8H2,1-3H3,(H,17,20). The van der Waals surface area contributed by atoms with E-state index in [2.05, 4.69) is 5.32 Å². The van der Waals surface area contributed by atoms with Crippen molar-refractivity contribution in [2.24, 2.45) is 0 Å². The molecule has 0 spiro atoms. The molecule has 0 bridgehead atoms. The zero-order valence-electron chi connectivity index (χ0n) is 12.9. The fourth-order valence-corrected chi connectivity index (χ4v) is 3.24. The van der Waals surface area contributed by atoms with Gasteiger partial charge in [0.15, 0.2) is 0 Å². The first-order valence-electron chi connectivity index (χ1n) is 6.56. The fourth-order valence-electron chi connectivity index (χ4n) is 1.69. The third-order valence-corrected chi connectivity index (χ3v) is 4.98. The van der Waals surface area contributed by atoms with Crippen molar-refractivity contribution in [3.8, 4) is 0 Å². The van der Waals surface area contributed by atoms with Gasteiger partial charge in [-0.2, -0.15) is 0 Å². The highest BCUT2D eigenvalue weighted by atomic mass is 35.5. The molecule has 0 saturated carbocycles. The predicted molar refractivity (Wildman–Crippen MR) is 95.2 cm³/mol. The number of rotatable bonds is 7. The highest BCUT2D eigenvalue weighted by molar-refractivity contribution is 7.92. The molecule has 130 valence electrons. The van der Waals surface area contributed by atoms with Crippen LogP contribution in [0, 0.1) is 0 Å². The molecule has 1 aromatic rings. The Labute approximate surface area is 151 Å². The Morgan fingerprint density at radius 2 is 1.70 bits per heavy atom. The number of sulfonamides is 1. The molecule has 0 fully saturated rings. The maximum Gasteiger partial charge on any atom is 0.240 e. The molecule has 0 atom stereocenters. The van der Waals surface area contributed by atoms with E-state index in [9.17, 15) is 13.2 Å². The molecular weight excluding hydrogens is 385 g/mol. The average Bonchev–Trinajstić information content (AvgIpc) is 2.39. The summed E-state index contributed by atoms with van der Waals surface area (Å²) in [7, 11) is 0.000446. The van der Waals surface area contributed by atoms with Crippen LogP contribution in [0.5, 0.6) is 0 Å². The number of halogens is 3. The van der Waals surface area contributed by atoms with Gasteiger partial charge >= 0.3 is 0 Å². The van der Waals surface area contributed by atoms with Crippen LogP contribution in [0.3, 0.4) is 0 Å². The van der Waals surface area contributed by atoms with Gasteiger partial charge in [-0.25, -0.2) is 8.42 Å². The minimum absolute atomic E-state index is 0.0888. The maximum atomic E-state index is 12.0. The van der Waals surface area contributed by atoms with Gasteiger partial charge in [0.25, 0.3) is 0 Å². The summed E-state index contributed by atoms with van der Waals surface area (Å²) in [6.07, 6.45) is 0.985. The second-order valence-corrected chi connectivity index (χ2v) is 8.27. The molecule has 0 aliphatic rings. The smallest absolute Gasteiger partial charge is 0.240 e. The Hall–Kier alpha value is -0.730. The monoisotopic (exact) mass is 401 g/mol. The molecule has 1 amide bonds. The second-order valence-electron chi connectivity index (χ2n) is 5.14. The quantitative estimate of drug-likeness (QED) is 0.709. The van der Waals surface area contributed by atoms with Gasteiger partial charge in [-0.15, -0.1) is 0 Å². The zero-order valence-corrected chi connectivity index (χ0v) is 16.0. The SMILES string of the molecule is CN(C)CCNC(=O)CN(c1cc(Cl)c(Cl)cc1Cl)S(C)(=O)=O. The molecule has 0 saturated heterocycles. The Kier molecular flexibility index (Phi) is 7.41. The van der Waals surface area contributed by atoms with E-state index < -0.39 is 22.5 Å². The van der Waals surface area contributed by atoms with E-state index in [1.165, 1.54) is 12.1 Å². The van der Waals surface area contributed by atoms with Gasteiger partial charge in [-0.3, -0.25) is 9.10 Å². The molecule has 23 heavy (non-hydrogen) atoms. The number of amides is 1. The summed E-state index contributed by atoms with van der Waals surface area (Å²) in [6.45, 7) is 0.640.